The maximum Gasteiger partial charge on any atom is 0.218 e. The first kappa shape index (κ1) is 17.4. The molecule has 1 aliphatic carbocycles. The molecule has 1 aromatic carbocycles. The highest BCUT2D eigenvalue weighted by atomic mass is 16.5. The summed E-state index contributed by atoms with van der Waals surface area (Å²) in [5.41, 5.74) is 4.76. The number of nitrogens with zero attached hydrogens (tertiary/aromatic N) is 4. The highest BCUT2D eigenvalue weighted by Crippen LogP contribution is 2.33. The highest BCUT2D eigenvalue weighted by molar-refractivity contribution is 5.38. The van der Waals surface area contributed by atoms with Crippen LogP contribution in [0.3, 0.4) is 0 Å². The first-order chi connectivity index (χ1) is 13.8. The van der Waals surface area contributed by atoms with Gasteiger partial charge in [0.2, 0.25) is 5.88 Å². The van der Waals surface area contributed by atoms with Crippen LogP contribution in [0.1, 0.15) is 36.0 Å². The lowest BCUT2D eigenvalue weighted by Gasteiger charge is -2.18. The number of benzene rings is 1. The molecule has 1 saturated carbocycles. The molecule has 2 atom stereocenters. The number of hydrogen-bond acceptors (Lipinski definition) is 5. The molecule has 6 heteroatoms. The molecule has 0 saturated heterocycles. The summed E-state index contributed by atoms with van der Waals surface area (Å²) in [4.78, 5) is 6.86. The number of aliphatic hydroxyl groups excluding tert-OH is 1. The molecule has 2 aromatic heterocycles. The van der Waals surface area contributed by atoms with E-state index in [2.05, 4.69) is 45.3 Å². The summed E-state index contributed by atoms with van der Waals surface area (Å²) in [6.45, 7) is 2.59. The van der Waals surface area contributed by atoms with Crippen molar-refractivity contribution < 1.29 is 9.84 Å². The van der Waals surface area contributed by atoms with Crippen LogP contribution in [0.25, 0.3) is 5.69 Å². The number of rotatable bonds is 5. The largest absolute Gasteiger partial charge is 0.471 e. The Morgan fingerprint density at radius 1 is 1.07 bits per heavy atom. The average molecular weight is 376 g/mol. The van der Waals surface area contributed by atoms with Gasteiger partial charge in [0.15, 0.2) is 0 Å². The van der Waals surface area contributed by atoms with Gasteiger partial charge in [0.1, 0.15) is 6.10 Å². The molecular formula is C22H24N4O2. The quantitative estimate of drug-likeness (QED) is 0.741. The van der Waals surface area contributed by atoms with Crippen LogP contribution in [0.15, 0.2) is 55.0 Å². The van der Waals surface area contributed by atoms with E-state index in [1.54, 1.807) is 6.20 Å². The van der Waals surface area contributed by atoms with E-state index in [0.717, 1.165) is 50.1 Å². The van der Waals surface area contributed by atoms with Crippen LogP contribution in [0.5, 0.6) is 5.88 Å². The molecule has 1 fully saturated rings. The van der Waals surface area contributed by atoms with Gasteiger partial charge in [-0.25, -0.2) is 9.67 Å². The molecule has 3 heterocycles. The van der Waals surface area contributed by atoms with E-state index in [1.807, 2.05) is 23.1 Å². The van der Waals surface area contributed by atoms with Crippen molar-refractivity contribution in [2.45, 2.75) is 51.1 Å². The molecule has 1 aliphatic heterocycles. The summed E-state index contributed by atoms with van der Waals surface area (Å²) in [5.74, 6) is 0.694. The minimum absolute atomic E-state index is 0.122. The van der Waals surface area contributed by atoms with E-state index in [4.69, 9.17) is 4.74 Å². The van der Waals surface area contributed by atoms with Crippen molar-refractivity contribution in [3.05, 3.63) is 71.7 Å². The van der Waals surface area contributed by atoms with Crippen LogP contribution in [0.4, 0.5) is 0 Å². The second kappa shape index (κ2) is 7.37. The smallest absolute Gasteiger partial charge is 0.218 e. The highest BCUT2D eigenvalue weighted by Gasteiger charge is 2.30. The van der Waals surface area contributed by atoms with Gasteiger partial charge in [-0.3, -0.25) is 4.90 Å². The van der Waals surface area contributed by atoms with Crippen LogP contribution in [-0.4, -0.2) is 37.0 Å². The molecule has 3 aromatic rings. The number of ether oxygens (including phenoxy) is 1. The van der Waals surface area contributed by atoms with Crippen LogP contribution in [0, 0.1) is 0 Å². The van der Waals surface area contributed by atoms with Crippen molar-refractivity contribution in [1.82, 2.24) is 19.7 Å². The molecule has 0 spiro atoms. The Kier molecular flexibility index (Phi) is 4.58. The molecule has 0 bridgehead atoms. The van der Waals surface area contributed by atoms with E-state index in [0.29, 0.717) is 5.88 Å². The summed E-state index contributed by atoms with van der Waals surface area (Å²) >= 11 is 0. The fourth-order valence-electron chi connectivity index (χ4n) is 4.18. The average Bonchev–Trinajstić information content (AvgIpc) is 3.44. The summed E-state index contributed by atoms with van der Waals surface area (Å²) in [6, 6.07) is 12.5. The minimum atomic E-state index is -0.372. The summed E-state index contributed by atoms with van der Waals surface area (Å²) in [6.07, 6.45) is 7.79. The summed E-state index contributed by atoms with van der Waals surface area (Å²) in [5, 5.41) is 14.3. The maximum atomic E-state index is 10.1. The molecule has 0 radical (unpaired) electrons. The Balaban J connectivity index is 1.27. The summed E-state index contributed by atoms with van der Waals surface area (Å²) < 4.78 is 7.95. The minimum Gasteiger partial charge on any atom is -0.471 e. The van der Waals surface area contributed by atoms with Crippen LogP contribution in [-0.2, 0) is 19.6 Å². The SMILES string of the molecule is O[C@H]1CCC[C@@H]1Oc1nccc2c1CN(Cc1ccc(-n3cccn3)cc1)C2. The molecule has 2 aliphatic rings. The molecule has 28 heavy (non-hydrogen) atoms. The van der Waals surface area contributed by atoms with Gasteiger partial charge in [-0.05, 0) is 54.7 Å². The van der Waals surface area contributed by atoms with Crippen molar-refractivity contribution in [1.29, 1.82) is 0 Å². The van der Waals surface area contributed by atoms with Gasteiger partial charge in [-0.15, -0.1) is 0 Å². The third-order valence-corrected chi connectivity index (χ3v) is 5.68. The van der Waals surface area contributed by atoms with Crippen molar-refractivity contribution in [2.24, 2.45) is 0 Å². The van der Waals surface area contributed by atoms with Crippen LogP contribution >= 0.6 is 0 Å². The van der Waals surface area contributed by atoms with Gasteiger partial charge in [0, 0.05) is 43.8 Å². The summed E-state index contributed by atoms with van der Waals surface area (Å²) in [7, 11) is 0. The normalized spacial score (nSPS) is 21.8. The van der Waals surface area contributed by atoms with Crippen molar-refractivity contribution in [3.63, 3.8) is 0 Å². The second-order valence-corrected chi connectivity index (χ2v) is 7.67. The molecule has 144 valence electrons. The number of pyridine rings is 1. The van der Waals surface area contributed by atoms with Gasteiger partial charge in [-0.1, -0.05) is 12.1 Å². The second-order valence-electron chi connectivity index (χ2n) is 7.67. The zero-order valence-corrected chi connectivity index (χ0v) is 15.7. The molecule has 5 rings (SSSR count). The molecule has 0 unspecified atom stereocenters. The standard InChI is InChI=1S/C22H24N4O2/c27-20-3-1-4-21(20)28-22-19-15-25(14-17(19)9-11-23-22)13-16-5-7-18(8-6-16)26-12-2-10-24-26/h2,5-12,20-21,27H,1,3-4,13-15H2/t20-,21-/m0/s1. The van der Waals surface area contributed by atoms with E-state index in [9.17, 15) is 5.11 Å². The Bertz CT molecular complexity index is 940. The number of aromatic nitrogens is 3. The van der Waals surface area contributed by atoms with Gasteiger partial charge >= 0.3 is 0 Å². The van der Waals surface area contributed by atoms with E-state index >= 15 is 0 Å². The van der Waals surface area contributed by atoms with Gasteiger partial charge in [-0.2, -0.15) is 5.10 Å². The topological polar surface area (TPSA) is 63.4 Å². The predicted molar refractivity (Wildman–Crippen MR) is 105 cm³/mol. The lowest BCUT2D eigenvalue weighted by atomic mass is 10.2. The molecular weight excluding hydrogens is 352 g/mol. The van der Waals surface area contributed by atoms with Gasteiger partial charge in [0.25, 0.3) is 0 Å². The zero-order valence-electron chi connectivity index (χ0n) is 15.7. The Morgan fingerprint density at radius 3 is 2.71 bits per heavy atom. The first-order valence-corrected chi connectivity index (χ1v) is 9.89. The van der Waals surface area contributed by atoms with Crippen molar-refractivity contribution >= 4 is 0 Å². The molecule has 6 nitrogen and oxygen atoms in total. The molecule has 0 amide bonds. The van der Waals surface area contributed by atoms with Gasteiger partial charge < -0.3 is 9.84 Å². The predicted octanol–water partition coefficient (Wildman–Crippen LogP) is 3.08. The van der Waals surface area contributed by atoms with Crippen molar-refractivity contribution in [3.8, 4) is 11.6 Å². The van der Waals surface area contributed by atoms with E-state index < -0.39 is 0 Å². The maximum absolute atomic E-state index is 10.1. The first-order valence-electron chi connectivity index (χ1n) is 9.89. The van der Waals surface area contributed by atoms with Crippen LogP contribution in [0.2, 0.25) is 0 Å². The van der Waals surface area contributed by atoms with E-state index in [-0.39, 0.29) is 12.2 Å². The lowest BCUT2D eigenvalue weighted by Crippen LogP contribution is -2.26. The fraction of sp³-hybridized carbons (Fsp3) is 0.364. The van der Waals surface area contributed by atoms with Crippen molar-refractivity contribution in [2.75, 3.05) is 0 Å². The van der Waals surface area contributed by atoms with Gasteiger partial charge in [0.05, 0.1) is 11.8 Å². The van der Waals surface area contributed by atoms with Crippen LogP contribution < -0.4 is 4.74 Å². The number of hydrogen-bond donors (Lipinski definition) is 1. The number of fused-ring (bicyclic) bond motifs is 1. The number of aliphatic hydroxyl groups is 1. The monoisotopic (exact) mass is 376 g/mol. The Hall–Kier alpha value is -2.70. The Labute approximate surface area is 164 Å². The Morgan fingerprint density at radius 2 is 1.96 bits per heavy atom. The van der Waals surface area contributed by atoms with E-state index in [1.165, 1.54) is 11.1 Å². The molecule has 1 N–H and O–H groups in total. The third-order valence-electron chi connectivity index (χ3n) is 5.68. The lowest BCUT2D eigenvalue weighted by molar-refractivity contribution is 0.0565. The third kappa shape index (κ3) is 3.41. The zero-order chi connectivity index (χ0) is 18.9. The fourth-order valence-corrected chi connectivity index (χ4v) is 4.18.